The fourth-order valence-corrected chi connectivity index (χ4v) is 2.23. The van der Waals surface area contributed by atoms with Crippen LogP contribution in [0.5, 0.6) is 0 Å². The molecule has 3 N–H and O–H groups in total. The highest BCUT2D eigenvalue weighted by Crippen LogP contribution is 2.25. The predicted molar refractivity (Wildman–Crippen MR) is 85.0 cm³/mol. The summed E-state index contributed by atoms with van der Waals surface area (Å²) < 4.78 is 27.5. The average molecular weight is 336 g/mol. The molecule has 2 rings (SSSR count). The third kappa shape index (κ3) is 3.95. The molecule has 1 aromatic carbocycles. The van der Waals surface area contributed by atoms with E-state index in [2.05, 4.69) is 20.8 Å². The zero-order valence-electron chi connectivity index (χ0n) is 13.5. The molecule has 1 aromatic heterocycles. The molecule has 0 bridgehead atoms. The van der Waals surface area contributed by atoms with E-state index in [1.807, 2.05) is 0 Å². The molecule has 0 saturated heterocycles. The number of halogens is 2. The highest BCUT2D eigenvalue weighted by atomic mass is 19.1. The molecule has 128 valence electrons. The number of anilines is 1. The normalized spacial score (nSPS) is 12.1. The van der Waals surface area contributed by atoms with Crippen molar-refractivity contribution in [3.05, 3.63) is 35.9 Å². The van der Waals surface area contributed by atoms with Crippen molar-refractivity contribution >= 4 is 17.6 Å². The second-order valence-corrected chi connectivity index (χ2v) is 5.67. The number of nitrogens with one attached hydrogen (secondary N) is 3. The van der Waals surface area contributed by atoms with E-state index in [-0.39, 0.29) is 28.9 Å². The van der Waals surface area contributed by atoms with E-state index in [1.54, 1.807) is 13.8 Å². The Labute approximate surface area is 137 Å². The Kier molecular flexibility index (Phi) is 5.28. The molecule has 0 unspecified atom stereocenters. The number of hydrogen-bond acceptors (Lipinski definition) is 3. The maximum Gasteiger partial charge on any atom is 0.248 e. The summed E-state index contributed by atoms with van der Waals surface area (Å²) in [5, 5.41) is 11.4. The van der Waals surface area contributed by atoms with Gasteiger partial charge in [0.1, 0.15) is 17.7 Å². The second-order valence-electron chi connectivity index (χ2n) is 5.67. The number of carbonyl (C=O) groups is 2. The molecule has 0 aliphatic heterocycles. The van der Waals surface area contributed by atoms with E-state index in [0.29, 0.717) is 0 Å². The molecule has 0 aliphatic rings. The number of rotatable bonds is 5. The van der Waals surface area contributed by atoms with Crippen molar-refractivity contribution in [2.24, 2.45) is 5.92 Å². The van der Waals surface area contributed by atoms with E-state index < -0.39 is 23.6 Å². The van der Waals surface area contributed by atoms with Crippen LogP contribution in [0.15, 0.2) is 24.3 Å². The van der Waals surface area contributed by atoms with Gasteiger partial charge in [0, 0.05) is 13.0 Å². The minimum atomic E-state index is -0.743. The average Bonchev–Trinajstić information content (AvgIpc) is 2.92. The minimum absolute atomic E-state index is 0.0986. The van der Waals surface area contributed by atoms with Gasteiger partial charge in [0.15, 0.2) is 5.82 Å². The highest BCUT2D eigenvalue weighted by Gasteiger charge is 2.24. The van der Waals surface area contributed by atoms with Crippen molar-refractivity contribution in [1.29, 1.82) is 0 Å². The Morgan fingerprint density at radius 2 is 1.83 bits per heavy atom. The van der Waals surface area contributed by atoms with Gasteiger partial charge >= 0.3 is 0 Å². The topological polar surface area (TPSA) is 86.9 Å². The molecular weight excluding hydrogens is 318 g/mol. The second kappa shape index (κ2) is 7.20. The molecule has 1 heterocycles. The highest BCUT2D eigenvalue weighted by molar-refractivity contribution is 5.96. The van der Waals surface area contributed by atoms with Gasteiger partial charge in [-0.15, -0.1) is 0 Å². The SMILES string of the molecule is CC(=O)N[C@@H](C(=O)Nc1cc(-c2c(F)cccc2F)[nH]n1)C(C)C. The first kappa shape index (κ1) is 17.6. The van der Waals surface area contributed by atoms with Crippen molar-refractivity contribution < 1.29 is 18.4 Å². The largest absolute Gasteiger partial charge is 0.344 e. The summed E-state index contributed by atoms with van der Waals surface area (Å²) in [7, 11) is 0. The number of hydrogen-bond donors (Lipinski definition) is 3. The van der Waals surface area contributed by atoms with Gasteiger partial charge < -0.3 is 10.6 Å². The summed E-state index contributed by atoms with van der Waals surface area (Å²) in [6, 6.07) is 4.10. The van der Waals surface area contributed by atoms with Crippen LogP contribution in [0.4, 0.5) is 14.6 Å². The maximum absolute atomic E-state index is 13.8. The number of benzene rings is 1. The molecule has 2 aromatic rings. The number of H-pyrrole nitrogens is 1. The van der Waals surface area contributed by atoms with Crippen LogP contribution >= 0.6 is 0 Å². The summed E-state index contributed by atoms with van der Waals surface area (Å²) in [6.07, 6.45) is 0. The van der Waals surface area contributed by atoms with Crippen LogP contribution in [0.2, 0.25) is 0 Å². The van der Waals surface area contributed by atoms with Crippen LogP contribution in [0.25, 0.3) is 11.3 Å². The van der Waals surface area contributed by atoms with E-state index in [1.165, 1.54) is 19.1 Å². The smallest absolute Gasteiger partial charge is 0.248 e. The van der Waals surface area contributed by atoms with Crippen LogP contribution in [-0.4, -0.2) is 28.1 Å². The standard InChI is InChI=1S/C16H18F2N4O2/c1-8(2)15(19-9(3)23)16(24)20-13-7-12(21-22-13)14-10(17)5-4-6-11(14)18/h4-8,15H,1-3H3,(H,19,23)(H2,20,21,22,24)/t15-/m1/s1. The molecule has 8 heteroatoms. The Balaban J connectivity index is 2.19. The molecule has 0 aliphatic carbocycles. The summed E-state index contributed by atoms with van der Waals surface area (Å²) >= 11 is 0. The fraction of sp³-hybridized carbons (Fsp3) is 0.312. The Hall–Kier alpha value is -2.77. The molecule has 24 heavy (non-hydrogen) atoms. The van der Waals surface area contributed by atoms with Crippen molar-refractivity contribution in [1.82, 2.24) is 15.5 Å². The van der Waals surface area contributed by atoms with Crippen LogP contribution in [-0.2, 0) is 9.59 Å². The number of amides is 2. The minimum Gasteiger partial charge on any atom is -0.344 e. The molecule has 0 saturated carbocycles. The lowest BCUT2D eigenvalue weighted by atomic mass is 10.0. The molecule has 6 nitrogen and oxygen atoms in total. The lowest BCUT2D eigenvalue weighted by molar-refractivity contribution is -0.126. The third-order valence-corrected chi connectivity index (χ3v) is 3.37. The Morgan fingerprint density at radius 3 is 2.38 bits per heavy atom. The Morgan fingerprint density at radius 1 is 1.21 bits per heavy atom. The van der Waals surface area contributed by atoms with Gasteiger partial charge in [-0.3, -0.25) is 14.7 Å². The van der Waals surface area contributed by atoms with Crippen molar-refractivity contribution in [2.45, 2.75) is 26.8 Å². The monoisotopic (exact) mass is 336 g/mol. The molecule has 0 spiro atoms. The first-order valence-electron chi connectivity index (χ1n) is 7.37. The van der Waals surface area contributed by atoms with Crippen LogP contribution in [0.3, 0.4) is 0 Å². The Bertz CT molecular complexity index is 738. The summed E-state index contributed by atoms with van der Waals surface area (Å²) in [4.78, 5) is 23.4. The first-order chi connectivity index (χ1) is 11.3. The van der Waals surface area contributed by atoms with Gasteiger partial charge in [0.25, 0.3) is 0 Å². The number of nitrogens with zero attached hydrogens (tertiary/aromatic N) is 1. The van der Waals surface area contributed by atoms with E-state index in [4.69, 9.17) is 0 Å². The van der Waals surface area contributed by atoms with Crippen molar-refractivity contribution in [3.8, 4) is 11.3 Å². The lowest BCUT2D eigenvalue weighted by Gasteiger charge is -2.20. The summed E-state index contributed by atoms with van der Waals surface area (Å²) in [5.41, 5.74) is -0.158. The first-order valence-corrected chi connectivity index (χ1v) is 7.37. The number of aromatic nitrogens is 2. The van der Waals surface area contributed by atoms with Crippen molar-refractivity contribution in [2.75, 3.05) is 5.32 Å². The predicted octanol–water partition coefficient (Wildman–Crippen LogP) is 2.45. The van der Waals surface area contributed by atoms with Crippen molar-refractivity contribution in [3.63, 3.8) is 0 Å². The molecule has 2 amide bonds. The molecule has 0 radical (unpaired) electrons. The van der Waals surface area contributed by atoms with Crippen LogP contribution in [0.1, 0.15) is 20.8 Å². The van der Waals surface area contributed by atoms with E-state index in [9.17, 15) is 18.4 Å². The third-order valence-electron chi connectivity index (χ3n) is 3.37. The van der Waals surface area contributed by atoms with E-state index >= 15 is 0 Å². The van der Waals surface area contributed by atoms with Gasteiger partial charge in [0.05, 0.1) is 11.3 Å². The van der Waals surface area contributed by atoms with Gasteiger partial charge in [-0.05, 0) is 18.1 Å². The van der Waals surface area contributed by atoms with E-state index in [0.717, 1.165) is 12.1 Å². The summed E-state index contributed by atoms with van der Waals surface area (Å²) in [5.74, 6) is -2.32. The van der Waals surface area contributed by atoms with Gasteiger partial charge in [-0.1, -0.05) is 19.9 Å². The zero-order valence-corrected chi connectivity index (χ0v) is 13.5. The van der Waals surface area contributed by atoms with Gasteiger partial charge in [-0.25, -0.2) is 8.78 Å². The van der Waals surface area contributed by atoms with Gasteiger partial charge in [-0.2, -0.15) is 5.10 Å². The van der Waals surface area contributed by atoms with Crippen LogP contribution in [0, 0.1) is 17.6 Å². The maximum atomic E-state index is 13.8. The lowest BCUT2D eigenvalue weighted by Crippen LogP contribution is -2.46. The fourth-order valence-electron chi connectivity index (χ4n) is 2.23. The zero-order chi connectivity index (χ0) is 17.9. The van der Waals surface area contributed by atoms with Gasteiger partial charge in [0.2, 0.25) is 11.8 Å². The molecule has 0 fully saturated rings. The van der Waals surface area contributed by atoms with Crippen LogP contribution < -0.4 is 10.6 Å². The number of carbonyl (C=O) groups excluding carboxylic acids is 2. The number of aromatic amines is 1. The molecular formula is C16H18F2N4O2. The summed E-state index contributed by atoms with van der Waals surface area (Å²) in [6.45, 7) is 4.88. The quantitative estimate of drug-likeness (QED) is 0.784. The molecule has 1 atom stereocenters.